The summed E-state index contributed by atoms with van der Waals surface area (Å²) >= 11 is 13.8. The molecule has 210 valence electrons. The summed E-state index contributed by atoms with van der Waals surface area (Å²) in [4.78, 5) is 16.6. The Labute approximate surface area is 248 Å². The molecular formula is C29H30Cl2N4O3S2. The number of piperidine rings is 1. The fraction of sp³-hybridized carbons (Fsp3) is 0.276. The Kier molecular flexibility index (Phi) is 8.80. The van der Waals surface area contributed by atoms with Crippen LogP contribution in [-0.4, -0.2) is 42.5 Å². The molecule has 1 saturated heterocycles. The molecule has 40 heavy (non-hydrogen) atoms. The van der Waals surface area contributed by atoms with E-state index in [-0.39, 0.29) is 11.7 Å². The minimum atomic E-state index is -3.20. The van der Waals surface area contributed by atoms with Crippen LogP contribution in [0.15, 0.2) is 65.7 Å². The lowest BCUT2D eigenvalue weighted by atomic mass is 9.88. The number of rotatable bonds is 9. The van der Waals surface area contributed by atoms with Crippen molar-refractivity contribution in [2.24, 2.45) is 5.73 Å². The van der Waals surface area contributed by atoms with Gasteiger partial charge in [0.15, 0.2) is 0 Å². The highest BCUT2D eigenvalue weighted by Gasteiger charge is 2.29. The van der Waals surface area contributed by atoms with Crippen molar-refractivity contribution in [3.8, 4) is 11.1 Å². The second-order valence-corrected chi connectivity index (χ2v) is 13.9. The lowest BCUT2D eigenvalue weighted by Gasteiger charge is -2.31. The van der Waals surface area contributed by atoms with Gasteiger partial charge in [0, 0.05) is 41.1 Å². The Hall–Kier alpha value is -2.53. The number of H-pyrrole nitrogens is 1. The molecule has 1 aliphatic rings. The standard InChI is InChI=1S/C29H30Cl2N4O3S2/c1-2-40(37,38)35-10-8-19(9-11-35)25-17-33-28-23(25)13-21(14-24(28)29(32)36)20-5-3-4-18(12-20)16-34-39-27-15-22(30)6-7-26(27)31/h3-7,12-15,17,19,33-34H,2,8-11,16H2,1H3,(H2,32,36). The number of hydrogen-bond acceptors (Lipinski definition) is 5. The fourth-order valence-electron chi connectivity index (χ4n) is 5.19. The van der Waals surface area contributed by atoms with Crippen LogP contribution in [0.5, 0.6) is 0 Å². The average Bonchev–Trinajstić information content (AvgIpc) is 3.38. The van der Waals surface area contributed by atoms with Crippen molar-refractivity contribution >= 4 is 62.0 Å². The maximum Gasteiger partial charge on any atom is 0.250 e. The number of sulfonamides is 1. The minimum Gasteiger partial charge on any atom is -0.366 e. The number of aromatic amines is 1. The van der Waals surface area contributed by atoms with E-state index >= 15 is 0 Å². The molecule has 4 N–H and O–H groups in total. The quantitative estimate of drug-likeness (QED) is 0.184. The third-order valence-electron chi connectivity index (χ3n) is 7.35. The molecule has 0 saturated carbocycles. The van der Waals surface area contributed by atoms with Gasteiger partial charge in [-0.25, -0.2) is 12.7 Å². The van der Waals surface area contributed by atoms with E-state index in [9.17, 15) is 13.2 Å². The van der Waals surface area contributed by atoms with Crippen LogP contribution in [0.4, 0.5) is 0 Å². The summed E-state index contributed by atoms with van der Waals surface area (Å²) < 4.78 is 29.6. The van der Waals surface area contributed by atoms with Crippen LogP contribution >= 0.6 is 35.1 Å². The predicted molar refractivity (Wildman–Crippen MR) is 164 cm³/mol. The molecule has 3 aromatic carbocycles. The number of nitrogens with two attached hydrogens (primary N) is 1. The molecule has 0 atom stereocenters. The van der Waals surface area contributed by atoms with Crippen molar-refractivity contribution < 1.29 is 13.2 Å². The van der Waals surface area contributed by atoms with Gasteiger partial charge in [-0.05, 0) is 96.3 Å². The van der Waals surface area contributed by atoms with Gasteiger partial charge in [0.25, 0.3) is 5.91 Å². The number of nitrogens with one attached hydrogen (secondary N) is 2. The van der Waals surface area contributed by atoms with Crippen LogP contribution < -0.4 is 10.5 Å². The molecule has 1 aliphatic heterocycles. The highest BCUT2D eigenvalue weighted by Crippen LogP contribution is 2.37. The van der Waals surface area contributed by atoms with Gasteiger partial charge in [-0.2, -0.15) is 0 Å². The largest absolute Gasteiger partial charge is 0.366 e. The first-order valence-corrected chi connectivity index (χ1v) is 16.2. The van der Waals surface area contributed by atoms with Gasteiger partial charge in [0.1, 0.15) is 0 Å². The molecule has 1 fully saturated rings. The number of nitrogens with zero attached hydrogens (tertiary/aromatic N) is 1. The van der Waals surface area contributed by atoms with Gasteiger partial charge in [0.2, 0.25) is 10.0 Å². The first-order chi connectivity index (χ1) is 19.2. The van der Waals surface area contributed by atoms with E-state index in [0.29, 0.717) is 40.8 Å². The molecule has 1 aromatic heterocycles. The minimum absolute atomic E-state index is 0.109. The lowest BCUT2D eigenvalue weighted by molar-refractivity contribution is 0.100. The Morgan fingerprint density at radius 1 is 1.10 bits per heavy atom. The number of fused-ring (bicyclic) bond motifs is 1. The number of carbonyl (C=O) groups excluding carboxylic acids is 1. The summed E-state index contributed by atoms with van der Waals surface area (Å²) in [5.41, 5.74) is 10.9. The van der Waals surface area contributed by atoms with E-state index in [0.717, 1.165) is 45.4 Å². The zero-order valence-corrected chi connectivity index (χ0v) is 25.1. The summed E-state index contributed by atoms with van der Waals surface area (Å²) in [5.74, 6) is -0.215. The number of benzene rings is 3. The Morgan fingerprint density at radius 2 is 1.88 bits per heavy atom. The first-order valence-electron chi connectivity index (χ1n) is 13.0. The van der Waals surface area contributed by atoms with Crippen LogP contribution in [-0.2, 0) is 16.6 Å². The zero-order valence-electron chi connectivity index (χ0n) is 21.9. The smallest absolute Gasteiger partial charge is 0.250 e. The molecule has 7 nitrogen and oxygen atoms in total. The van der Waals surface area contributed by atoms with E-state index in [2.05, 4.69) is 21.8 Å². The van der Waals surface area contributed by atoms with Crippen molar-refractivity contribution in [1.82, 2.24) is 14.0 Å². The molecule has 0 radical (unpaired) electrons. The van der Waals surface area contributed by atoms with E-state index < -0.39 is 15.9 Å². The summed E-state index contributed by atoms with van der Waals surface area (Å²) in [6, 6.07) is 17.4. The monoisotopic (exact) mass is 616 g/mol. The third-order valence-corrected chi connectivity index (χ3v) is 10.8. The van der Waals surface area contributed by atoms with Gasteiger partial charge < -0.3 is 10.7 Å². The van der Waals surface area contributed by atoms with Crippen molar-refractivity contribution in [3.05, 3.63) is 87.5 Å². The topological polar surface area (TPSA) is 108 Å². The van der Waals surface area contributed by atoms with Crippen molar-refractivity contribution in [1.29, 1.82) is 0 Å². The van der Waals surface area contributed by atoms with E-state index in [4.69, 9.17) is 28.9 Å². The molecule has 0 unspecified atom stereocenters. The zero-order chi connectivity index (χ0) is 28.4. The number of carbonyl (C=O) groups is 1. The molecule has 0 aliphatic carbocycles. The number of aromatic nitrogens is 1. The summed E-state index contributed by atoms with van der Waals surface area (Å²) in [6.45, 7) is 3.24. The van der Waals surface area contributed by atoms with E-state index in [1.807, 2.05) is 36.5 Å². The van der Waals surface area contributed by atoms with Crippen LogP contribution in [0.3, 0.4) is 0 Å². The number of halogens is 2. The predicted octanol–water partition coefficient (Wildman–Crippen LogP) is 6.57. The van der Waals surface area contributed by atoms with Gasteiger partial charge in [0.05, 0.1) is 21.9 Å². The number of hydrogen-bond donors (Lipinski definition) is 3. The highest BCUT2D eigenvalue weighted by atomic mass is 35.5. The van der Waals surface area contributed by atoms with Gasteiger partial charge in [-0.1, -0.05) is 41.4 Å². The van der Waals surface area contributed by atoms with Crippen LogP contribution in [0.1, 0.15) is 47.2 Å². The molecule has 0 bridgehead atoms. The van der Waals surface area contributed by atoms with Gasteiger partial charge >= 0.3 is 0 Å². The molecule has 5 rings (SSSR count). The Balaban J connectivity index is 1.40. The van der Waals surface area contributed by atoms with Crippen LogP contribution in [0.2, 0.25) is 10.0 Å². The Bertz CT molecular complexity index is 1670. The molecule has 0 spiro atoms. The van der Waals surface area contributed by atoms with Gasteiger partial charge in [-0.3, -0.25) is 9.52 Å². The Morgan fingerprint density at radius 3 is 2.60 bits per heavy atom. The second kappa shape index (κ2) is 12.1. The molecule has 4 aromatic rings. The lowest BCUT2D eigenvalue weighted by Crippen LogP contribution is -2.38. The van der Waals surface area contributed by atoms with E-state index in [1.54, 1.807) is 23.4 Å². The fourth-order valence-corrected chi connectivity index (χ4v) is 7.54. The molecular weight excluding hydrogens is 587 g/mol. The normalized spacial score (nSPS) is 15.1. The molecule has 11 heteroatoms. The molecule has 1 amide bonds. The second-order valence-electron chi connectivity index (χ2n) is 9.83. The maximum absolute atomic E-state index is 12.5. The van der Waals surface area contributed by atoms with Crippen molar-refractivity contribution in [3.63, 3.8) is 0 Å². The SMILES string of the molecule is CCS(=O)(=O)N1CCC(c2c[nH]c3c(C(N)=O)cc(-c4cccc(CNSc5cc(Cl)ccc5Cl)c4)cc23)CC1. The maximum atomic E-state index is 12.5. The molecule has 2 heterocycles. The van der Waals surface area contributed by atoms with Crippen molar-refractivity contribution in [2.45, 2.75) is 37.1 Å². The average molecular weight is 618 g/mol. The summed E-state index contributed by atoms with van der Waals surface area (Å²) in [7, 11) is -3.20. The summed E-state index contributed by atoms with van der Waals surface area (Å²) in [5, 5.41) is 2.19. The summed E-state index contributed by atoms with van der Waals surface area (Å²) in [6.07, 6.45) is 3.38. The van der Waals surface area contributed by atoms with Crippen molar-refractivity contribution in [2.75, 3.05) is 18.8 Å². The number of amides is 1. The van der Waals surface area contributed by atoms with Crippen LogP contribution in [0, 0.1) is 0 Å². The van der Waals surface area contributed by atoms with E-state index in [1.165, 1.54) is 11.9 Å². The van der Waals surface area contributed by atoms with Gasteiger partial charge in [-0.15, -0.1) is 0 Å². The number of primary amides is 1. The first kappa shape index (κ1) is 29.0. The third kappa shape index (κ3) is 6.20. The van der Waals surface area contributed by atoms with Crippen LogP contribution in [0.25, 0.3) is 22.0 Å². The highest BCUT2D eigenvalue weighted by molar-refractivity contribution is 7.97.